The lowest BCUT2D eigenvalue weighted by molar-refractivity contribution is -0.167. The van der Waals surface area contributed by atoms with E-state index in [9.17, 15) is 22.8 Å². The number of fused-ring (bicyclic) bond motifs is 1. The second-order valence-corrected chi connectivity index (χ2v) is 9.61. The SMILES string of the molecule is CC(C)(C)c1ccc(NC(=O)c2c(NC(=O)C(F)(F)F)sc3c2CCCCC3)cc1. The van der Waals surface area contributed by atoms with Gasteiger partial charge in [-0.1, -0.05) is 39.3 Å². The number of hydrogen-bond acceptors (Lipinski definition) is 3. The van der Waals surface area contributed by atoms with E-state index < -0.39 is 18.0 Å². The van der Waals surface area contributed by atoms with Crippen LogP contribution in [0.2, 0.25) is 0 Å². The van der Waals surface area contributed by atoms with Crippen LogP contribution >= 0.6 is 11.3 Å². The zero-order valence-electron chi connectivity index (χ0n) is 17.2. The molecule has 8 heteroatoms. The highest BCUT2D eigenvalue weighted by Crippen LogP contribution is 2.38. The van der Waals surface area contributed by atoms with Gasteiger partial charge in [0.2, 0.25) is 0 Å². The van der Waals surface area contributed by atoms with Crippen molar-refractivity contribution in [3.05, 3.63) is 45.8 Å². The van der Waals surface area contributed by atoms with Crippen LogP contribution < -0.4 is 10.6 Å². The quantitative estimate of drug-likeness (QED) is 0.572. The number of carbonyl (C=O) groups is 2. The average molecular weight is 439 g/mol. The highest BCUT2D eigenvalue weighted by atomic mass is 32.1. The second-order valence-electron chi connectivity index (χ2n) is 8.50. The highest BCUT2D eigenvalue weighted by molar-refractivity contribution is 7.17. The maximum Gasteiger partial charge on any atom is 0.471 e. The molecular formula is C22H25F3N2O2S. The molecule has 30 heavy (non-hydrogen) atoms. The molecule has 3 rings (SSSR count). The first-order valence-electron chi connectivity index (χ1n) is 9.91. The van der Waals surface area contributed by atoms with E-state index in [1.54, 1.807) is 12.1 Å². The van der Waals surface area contributed by atoms with Gasteiger partial charge in [0.05, 0.1) is 5.56 Å². The lowest BCUT2D eigenvalue weighted by Gasteiger charge is -2.19. The molecule has 0 atom stereocenters. The summed E-state index contributed by atoms with van der Waals surface area (Å²) in [5.74, 6) is -2.57. The number of carbonyl (C=O) groups excluding carboxylic acids is 2. The number of alkyl halides is 3. The molecule has 1 heterocycles. The van der Waals surface area contributed by atoms with Crippen molar-refractivity contribution in [1.82, 2.24) is 0 Å². The molecule has 4 nitrogen and oxygen atoms in total. The van der Waals surface area contributed by atoms with Crippen LogP contribution in [0.1, 0.15) is 66.4 Å². The van der Waals surface area contributed by atoms with Crippen molar-refractivity contribution in [3.63, 3.8) is 0 Å². The van der Waals surface area contributed by atoms with Crippen LogP contribution in [-0.4, -0.2) is 18.0 Å². The summed E-state index contributed by atoms with van der Waals surface area (Å²) < 4.78 is 38.4. The molecule has 0 fully saturated rings. The number of halogens is 3. The Hall–Kier alpha value is -2.35. The molecule has 0 bridgehead atoms. The summed E-state index contributed by atoms with van der Waals surface area (Å²) in [5.41, 5.74) is 2.51. The fourth-order valence-corrected chi connectivity index (χ4v) is 4.77. The van der Waals surface area contributed by atoms with Crippen molar-refractivity contribution >= 4 is 33.8 Å². The molecule has 1 aromatic carbocycles. The van der Waals surface area contributed by atoms with E-state index in [4.69, 9.17) is 0 Å². The molecule has 0 radical (unpaired) electrons. The number of nitrogens with one attached hydrogen (secondary N) is 2. The van der Waals surface area contributed by atoms with Crippen LogP contribution in [0.5, 0.6) is 0 Å². The largest absolute Gasteiger partial charge is 0.471 e. The molecule has 162 valence electrons. The molecule has 1 aromatic heterocycles. The van der Waals surface area contributed by atoms with Crippen LogP contribution in [0.4, 0.5) is 23.9 Å². The first-order chi connectivity index (χ1) is 14.0. The summed E-state index contributed by atoms with van der Waals surface area (Å²) in [6.07, 6.45) is -0.937. The van der Waals surface area contributed by atoms with Crippen molar-refractivity contribution in [2.75, 3.05) is 10.6 Å². The standard InChI is InChI=1S/C22H25F3N2O2S/c1-21(2,3)13-9-11-14(12-10-13)26-18(28)17-15-7-5-4-6-8-16(15)30-19(17)27-20(29)22(23,24)25/h9-12H,4-8H2,1-3H3,(H,26,28)(H,27,29). The third kappa shape index (κ3) is 5.03. The van der Waals surface area contributed by atoms with Crippen molar-refractivity contribution in [1.29, 1.82) is 0 Å². The number of thiophene rings is 1. The Bertz CT molecular complexity index is 941. The monoisotopic (exact) mass is 438 g/mol. The van der Waals surface area contributed by atoms with Crippen LogP contribution in [-0.2, 0) is 23.1 Å². The Morgan fingerprint density at radius 2 is 1.57 bits per heavy atom. The number of anilines is 2. The Labute approximate surface area is 177 Å². The van der Waals surface area contributed by atoms with E-state index in [1.807, 2.05) is 17.4 Å². The van der Waals surface area contributed by atoms with Gasteiger partial charge in [-0.3, -0.25) is 9.59 Å². The van der Waals surface area contributed by atoms with Crippen molar-refractivity contribution in [2.45, 2.75) is 64.5 Å². The average Bonchev–Trinajstić information content (AvgIpc) is 2.81. The number of aryl methyl sites for hydroxylation is 1. The molecule has 1 aliphatic rings. The van der Waals surface area contributed by atoms with Crippen molar-refractivity contribution in [3.8, 4) is 0 Å². The Morgan fingerprint density at radius 1 is 0.933 bits per heavy atom. The van der Waals surface area contributed by atoms with Crippen LogP contribution in [0.3, 0.4) is 0 Å². The molecule has 0 spiro atoms. The minimum Gasteiger partial charge on any atom is -0.322 e. The van der Waals surface area contributed by atoms with E-state index >= 15 is 0 Å². The van der Waals surface area contributed by atoms with Gasteiger partial charge in [0.1, 0.15) is 5.00 Å². The van der Waals surface area contributed by atoms with Gasteiger partial charge < -0.3 is 10.6 Å². The molecule has 2 N–H and O–H groups in total. The maximum atomic E-state index is 13.1. The molecule has 0 saturated carbocycles. The Balaban J connectivity index is 1.91. The Kier molecular flexibility index (Phi) is 6.26. The van der Waals surface area contributed by atoms with E-state index in [1.165, 1.54) is 0 Å². The maximum absolute atomic E-state index is 13.1. The zero-order valence-corrected chi connectivity index (χ0v) is 18.0. The molecule has 2 aromatic rings. The third-order valence-electron chi connectivity index (χ3n) is 5.14. The van der Waals surface area contributed by atoms with E-state index in [2.05, 4.69) is 26.1 Å². The van der Waals surface area contributed by atoms with Gasteiger partial charge >= 0.3 is 12.1 Å². The minimum absolute atomic E-state index is 0.0342. The number of amides is 2. The van der Waals surface area contributed by atoms with Crippen molar-refractivity contribution in [2.24, 2.45) is 0 Å². The summed E-state index contributed by atoms with van der Waals surface area (Å²) in [6.45, 7) is 6.24. The third-order valence-corrected chi connectivity index (χ3v) is 6.35. The number of rotatable bonds is 3. The van der Waals surface area contributed by atoms with Crippen LogP contribution in [0, 0.1) is 0 Å². The highest BCUT2D eigenvalue weighted by Gasteiger charge is 2.40. The van der Waals surface area contributed by atoms with Crippen LogP contribution in [0.15, 0.2) is 24.3 Å². The topological polar surface area (TPSA) is 58.2 Å². The van der Waals surface area contributed by atoms with Crippen LogP contribution in [0.25, 0.3) is 0 Å². The summed E-state index contributed by atoms with van der Waals surface area (Å²) >= 11 is 1.07. The molecular weight excluding hydrogens is 413 g/mol. The smallest absolute Gasteiger partial charge is 0.322 e. The second kappa shape index (κ2) is 8.41. The first kappa shape index (κ1) is 22.3. The molecule has 0 aliphatic heterocycles. The van der Waals surface area contributed by atoms with Gasteiger partial charge in [0.25, 0.3) is 5.91 Å². The molecule has 0 unspecified atom stereocenters. The molecule has 2 amide bonds. The van der Waals surface area contributed by atoms with Gasteiger partial charge in [-0.15, -0.1) is 11.3 Å². The predicted molar refractivity (Wildman–Crippen MR) is 113 cm³/mol. The Morgan fingerprint density at radius 3 is 2.17 bits per heavy atom. The number of benzene rings is 1. The fraction of sp³-hybridized carbons (Fsp3) is 0.455. The predicted octanol–water partition coefficient (Wildman–Crippen LogP) is 6.07. The molecule has 1 aliphatic carbocycles. The number of hydrogen-bond donors (Lipinski definition) is 2. The van der Waals surface area contributed by atoms with E-state index in [-0.39, 0.29) is 16.0 Å². The van der Waals surface area contributed by atoms with Gasteiger partial charge in [0.15, 0.2) is 0 Å². The lowest BCUT2D eigenvalue weighted by Crippen LogP contribution is -2.30. The van der Waals surface area contributed by atoms with Gasteiger partial charge in [-0.2, -0.15) is 13.2 Å². The van der Waals surface area contributed by atoms with Gasteiger partial charge in [-0.25, -0.2) is 0 Å². The van der Waals surface area contributed by atoms with Gasteiger partial charge in [-0.05, 0) is 54.4 Å². The van der Waals surface area contributed by atoms with E-state index in [0.717, 1.165) is 46.6 Å². The summed E-state index contributed by atoms with van der Waals surface area (Å²) in [5, 5.41) is 4.66. The fourth-order valence-electron chi connectivity index (χ4n) is 3.49. The first-order valence-corrected chi connectivity index (χ1v) is 10.7. The summed E-state index contributed by atoms with van der Waals surface area (Å²) in [6, 6.07) is 7.38. The lowest BCUT2D eigenvalue weighted by atomic mass is 9.87. The zero-order chi connectivity index (χ0) is 22.1. The molecule has 0 saturated heterocycles. The summed E-state index contributed by atoms with van der Waals surface area (Å²) in [4.78, 5) is 25.4. The normalized spacial score (nSPS) is 14.6. The minimum atomic E-state index is -5.02. The van der Waals surface area contributed by atoms with Gasteiger partial charge in [0, 0.05) is 10.6 Å². The summed E-state index contributed by atoms with van der Waals surface area (Å²) in [7, 11) is 0. The van der Waals surface area contributed by atoms with Crippen molar-refractivity contribution < 1.29 is 22.8 Å². The van der Waals surface area contributed by atoms with E-state index in [0.29, 0.717) is 18.5 Å².